The second kappa shape index (κ2) is 5.64. The van der Waals surface area contributed by atoms with Gasteiger partial charge in [0.15, 0.2) is 0 Å². The van der Waals surface area contributed by atoms with E-state index in [0.717, 1.165) is 19.4 Å². The van der Waals surface area contributed by atoms with Crippen molar-refractivity contribution in [2.45, 2.75) is 51.7 Å². The molecule has 1 rings (SSSR count). The fourth-order valence-electron chi connectivity index (χ4n) is 2.07. The van der Waals surface area contributed by atoms with Crippen molar-refractivity contribution < 1.29 is 4.79 Å². The summed E-state index contributed by atoms with van der Waals surface area (Å²) in [6, 6.07) is 1.01. The smallest absolute Gasteiger partial charge is 0.236 e. The van der Waals surface area contributed by atoms with Gasteiger partial charge in [-0.2, -0.15) is 0 Å². The first-order chi connectivity index (χ1) is 7.41. The number of rotatable bonds is 3. The molecular weight excluding hydrogens is 202 g/mol. The topological polar surface area (TPSA) is 49.6 Å². The molecule has 16 heavy (non-hydrogen) atoms. The van der Waals surface area contributed by atoms with Gasteiger partial charge in [0.1, 0.15) is 0 Å². The number of carbonyl (C=O) groups excluding carboxylic acids is 1. The van der Waals surface area contributed by atoms with Crippen molar-refractivity contribution in [1.29, 1.82) is 0 Å². The number of carbonyl (C=O) groups is 1. The van der Waals surface area contributed by atoms with Gasteiger partial charge in [-0.1, -0.05) is 0 Å². The molecule has 1 aliphatic heterocycles. The van der Waals surface area contributed by atoms with Crippen LogP contribution < -0.4 is 5.73 Å². The Bertz CT molecular complexity index is 242. The summed E-state index contributed by atoms with van der Waals surface area (Å²) in [5.41, 5.74) is 5.90. The van der Waals surface area contributed by atoms with E-state index in [4.69, 9.17) is 5.73 Å². The van der Waals surface area contributed by atoms with Crippen molar-refractivity contribution in [2.24, 2.45) is 5.73 Å². The van der Waals surface area contributed by atoms with Crippen LogP contribution in [0.3, 0.4) is 0 Å². The molecule has 1 saturated heterocycles. The average molecular weight is 227 g/mol. The summed E-state index contributed by atoms with van der Waals surface area (Å²) < 4.78 is 0. The summed E-state index contributed by atoms with van der Waals surface area (Å²) >= 11 is 0. The molecule has 0 saturated carbocycles. The maximum absolute atomic E-state index is 11.9. The van der Waals surface area contributed by atoms with Gasteiger partial charge < -0.3 is 10.6 Å². The van der Waals surface area contributed by atoms with Crippen LogP contribution in [0.1, 0.15) is 33.6 Å². The summed E-state index contributed by atoms with van der Waals surface area (Å²) in [5, 5.41) is 0. The molecule has 2 N–H and O–H groups in total. The molecule has 94 valence electrons. The number of hydrogen-bond donors (Lipinski definition) is 1. The van der Waals surface area contributed by atoms with Crippen LogP contribution >= 0.6 is 0 Å². The largest absolute Gasteiger partial charge is 0.342 e. The molecule has 2 unspecified atom stereocenters. The predicted molar refractivity (Wildman–Crippen MR) is 66.2 cm³/mol. The number of likely N-dealkylation sites (N-methyl/N-ethyl adjacent to an activating group) is 1. The summed E-state index contributed by atoms with van der Waals surface area (Å²) in [6.45, 7) is 7.70. The Hall–Kier alpha value is -0.610. The van der Waals surface area contributed by atoms with Crippen LogP contribution in [-0.2, 0) is 4.79 Å². The van der Waals surface area contributed by atoms with Crippen LogP contribution in [0.15, 0.2) is 0 Å². The van der Waals surface area contributed by atoms with E-state index < -0.39 is 0 Å². The van der Waals surface area contributed by atoms with Crippen molar-refractivity contribution in [3.63, 3.8) is 0 Å². The van der Waals surface area contributed by atoms with E-state index in [1.807, 2.05) is 20.9 Å². The second-order valence-corrected chi connectivity index (χ2v) is 5.20. The Kier molecular flexibility index (Phi) is 4.74. The van der Waals surface area contributed by atoms with Gasteiger partial charge >= 0.3 is 0 Å². The highest BCUT2D eigenvalue weighted by Gasteiger charge is 2.25. The van der Waals surface area contributed by atoms with Crippen molar-refractivity contribution in [2.75, 3.05) is 20.1 Å². The molecule has 1 heterocycles. The molecule has 0 aromatic heterocycles. The van der Waals surface area contributed by atoms with Gasteiger partial charge in [-0.05, 0) is 33.6 Å². The van der Waals surface area contributed by atoms with Crippen molar-refractivity contribution in [1.82, 2.24) is 9.80 Å². The zero-order chi connectivity index (χ0) is 12.3. The molecule has 4 nitrogen and oxygen atoms in total. The van der Waals surface area contributed by atoms with E-state index >= 15 is 0 Å². The lowest BCUT2D eigenvalue weighted by atomic mass is 9.99. The first-order valence-electron chi connectivity index (χ1n) is 6.17. The van der Waals surface area contributed by atoms with Gasteiger partial charge in [0.05, 0.1) is 6.54 Å². The standard InChI is InChI=1S/C12H25N3O/c1-9(2)14(4)12(16)8-15-6-5-11(13)7-10(15)3/h9-11H,5-8,13H2,1-4H3. The van der Waals surface area contributed by atoms with Gasteiger partial charge in [-0.15, -0.1) is 0 Å². The van der Waals surface area contributed by atoms with E-state index in [1.165, 1.54) is 0 Å². The van der Waals surface area contributed by atoms with Crippen molar-refractivity contribution >= 4 is 5.91 Å². The van der Waals surface area contributed by atoms with Gasteiger partial charge in [-0.25, -0.2) is 0 Å². The van der Waals surface area contributed by atoms with E-state index in [-0.39, 0.29) is 11.9 Å². The quantitative estimate of drug-likeness (QED) is 0.771. The van der Waals surface area contributed by atoms with Crippen LogP contribution in [0.25, 0.3) is 0 Å². The maximum atomic E-state index is 11.9. The van der Waals surface area contributed by atoms with Gasteiger partial charge in [-0.3, -0.25) is 9.69 Å². The molecular formula is C12H25N3O. The van der Waals surface area contributed by atoms with E-state index in [2.05, 4.69) is 11.8 Å². The minimum Gasteiger partial charge on any atom is -0.342 e. The first-order valence-corrected chi connectivity index (χ1v) is 6.17. The van der Waals surface area contributed by atoms with Crippen molar-refractivity contribution in [3.05, 3.63) is 0 Å². The summed E-state index contributed by atoms with van der Waals surface area (Å²) in [7, 11) is 1.87. The Labute approximate surface area is 98.8 Å². The third-order valence-corrected chi connectivity index (χ3v) is 3.56. The number of piperidine rings is 1. The zero-order valence-electron chi connectivity index (χ0n) is 10.9. The highest BCUT2D eigenvalue weighted by atomic mass is 16.2. The second-order valence-electron chi connectivity index (χ2n) is 5.20. The molecule has 0 aromatic carbocycles. The van der Waals surface area contributed by atoms with Gasteiger partial charge in [0.25, 0.3) is 0 Å². The lowest BCUT2D eigenvalue weighted by Crippen LogP contribution is -2.50. The van der Waals surface area contributed by atoms with E-state index in [1.54, 1.807) is 4.90 Å². The molecule has 0 bridgehead atoms. The van der Waals surface area contributed by atoms with E-state index in [0.29, 0.717) is 18.6 Å². The summed E-state index contributed by atoms with van der Waals surface area (Å²) in [4.78, 5) is 16.0. The zero-order valence-corrected chi connectivity index (χ0v) is 10.9. The number of hydrogen-bond acceptors (Lipinski definition) is 3. The fourth-order valence-corrected chi connectivity index (χ4v) is 2.07. The highest BCUT2D eigenvalue weighted by Crippen LogP contribution is 2.15. The van der Waals surface area contributed by atoms with E-state index in [9.17, 15) is 4.79 Å². The SMILES string of the molecule is CC1CC(N)CCN1CC(=O)N(C)C(C)C. The molecule has 0 spiro atoms. The highest BCUT2D eigenvalue weighted by molar-refractivity contribution is 5.78. The summed E-state index contributed by atoms with van der Waals surface area (Å²) in [6.07, 6.45) is 2.00. The lowest BCUT2D eigenvalue weighted by Gasteiger charge is -2.37. The van der Waals surface area contributed by atoms with Crippen LogP contribution in [0.4, 0.5) is 0 Å². The molecule has 2 atom stereocenters. The molecule has 0 aromatic rings. The molecule has 1 fully saturated rings. The molecule has 1 amide bonds. The van der Waals surface area contributed by atoms with Crippen LogP contribution in [0.2, 0.25) is 0 Å². The number of nitrogens with two attached hydrogens (primary N) is 1. The predicted octanol–water partition coefficient (Wildman–Crippen LogP) is 0.665. The van der Waals surface area contributed by atoms with Crippen LogP contribution in [0, 0.1) is 0 Å². The fraction of sp³-hybridized carbons (Fsp3) is 0.917. The molecule has 4 heteroatoms. The number of likely N-dealkylation sites (tertiary alicyclic amines) is 1. The Morgan fingerprint density at radius 3 is 2.69 bits per heavy atom. The third-order valence-electron chi connectivity index (χ3n) is 3.56. The minimum absolute atomic E-state index is 0.206. The minimum atomic E-state index is 0.206. The van der Waals surface area contributed by atoms with Gasteiger partial charge in [0.2, 0.25) is 5.91 Å². The first kappa shape index (κ1) is 13.5. The van der Waals surface area contributed by atoms with Crippen LogP contribution in [0.5, 0.6) is 0 Å². The maximum Gasteiger partial charge on any atom is 0.236 e. The van der Waals surface area contributed by atoms with Gasteiger partial charge in [0, 0.05) is 31.7 Å². The molecule has 1 aliphatic rings. The Balaban J connectivity index is 2.45. The van der Waals surface area contributed by atoms with Crippen LogP contribution in [-0.4, -0.2) is 54.0 Å². The molecule has 0 radical (unpaired) electrons. The normalized spacial score (nSPS) is 27.1. The van der Waals surface area contributed by atoms with Crippen molar-refractivity contribution in [3.8, 4) is 0 Å². The number of amides is 1. The third kappa shape index (κ3) is 3.46. The monoisotopic (exact) mass is 227 g/mol. The summed E-state index contributed by atoms with van der Waals surface area (Å²) in [5.74, 6) is 0.206. The Morgan fingerprint density at radius 2 is 2.19 bits per heavy atom. The lowest BCUT2D eigenvalue weighted by molar-refractivity contribution is -0.133. The Morgan fingerprint density at radius 1 is 1.56 bits per heavy atom. The number of nitrogens with zero attached hydrogens (tertiary/aromatic N) is 2. The molecule has 0 aliphatic carbocycles. The average Bonchev–Trinajstić information content (AvgIpc) is 2.20.